The van der Waals surface area contributed by atoms with Gasteiger partial charge >= 0.3 is 0 Å². The van der Waals surface area contributed by atoms with Crippen LogP contribution in [-0.2, 0) is 4.74 Å². The second kappa shape index (κ2) is 6.62. The van der Waals surface area contributed by atoms with Crippen LogP contribution >= 0.6 is 12.2 Å². The zero-order valence-electron chi connectivity index (χ0n) is 14.7. The molecule has 8 heteroatoms. The van der Waals surface area contributed by atoms with E-state index in [9.17, 15) is 4.79 Å². The number of hydrogen-bond donors (Lipinski definition) is 1. The number of nitrogens with one attached hydrogen (secondary N) is 1. The summed E-state index contributed by atoms with van der Waals surface area (Å²) in [7, 11) is 0. The quantitative estimate of drug-likeness (QED) is 0.699. The second-order valence-electron chi connectivity index (χ2n) is 6.40. The SMILES string of the molecule is Cc1ccc(-n2cnc3nc(N4CCOCC4)[nH]c(=O)c3c2=S)c(C)c1. The smallest absolute Gasteiger partial charge is 0.264 e. The fourth-order valence-electron chi connectivity index (χ4n) is 3.19. The third kappa shape index (κ3) is 2.91. The number of H-pyrrole nitrogens is 1. The molecule has 1 aromatic carbocycles. The Balaban J connectivity index is 1.87. The van der Waals surface area contributed by atoms with Crippen LogP contribution in [0.25, 0.3) is 16.7 Å². The maximum Gasteiger partial charge on any atom is 0.264 e. The van der Waals surface area contributed by atoms with Crippen molar-refractivity contribution in [1.29, 1.82) is 0 Å². The van der Waals surface area contributed by atoms with Gasteiger partial charge < -0.3 is 9.64 Å². The van der Waals surface area contributed by atoms with Gasteiger partial charge in [-0.1, -0.05) is 29.9 Å². The average Bonchev–Trinajstić information content (AvgIpc) is 2.63. The number of aromatic amines is 1. The van der Waals surface area contributed by atoms with Gasteiger partial charge in [0.25, 0.3) is 5.56 Å². The van der Waals surface area contributed by atoms with E-state index in [0.717, 1.165) is 11.3 Å². The van der Waals surface area contributed by atoms with E-state index in [0.29, 0.717) is 47.9 Å². The highest BCUT2D eigenvalue weighted by molar-refractivity contribution is 7.71. The summed E-state index contributed by atoms with van der Waals surface area (Å²) in [6.45, 7) is 6.65. The van der Waals surface area contributed by atoms with Crippen LogP contribution in [0, 0.1) is 18.5 Å². The van der Waals surface area contributed by atoms with E-state index in [2.05, 4.69) is 21.0 Å². The fraction of sp³-hybridized carbons (Fsp3) is 0.333. The van der Waals surface area contributed by atoms with Crippen molar-refractivity contribution in [2.75, 3.05) is 31.2 Å². The van der Waals surface area contributed by atoms with E-state index in [1.807, 2.05) is 30.9 Å². The van der Waals surface area contributed by atoms with Gasteiger partial charge in [0, 0.05) is 13.1 Å². The van der Waals surface area contributed by atoms with Gasteiger partial charge in [-0.15, -0.1) is 0 Å². The molecule has 0 bridgehead atoms. The Morgan fingerprint density at radius 1 is 1.23 bits per heavy atom. The summed E-state index contributed by atoms with van der Waals surface area (Å²) in [4.78, 5) is 26.5. The van der Waals surface area contributed by atoms with Crippen LogP contribution in [0.3, 0.4) is 0 Å². The Kier molecular flexibility index (Phi) is 4.29. The fourth-order valence-corrected chi connectivity index (χ4v) is 3.52. The number of aromatic nitrogens is 4. The molecule has 4 rings (SSSR count). The second-order valence-corrected chi connectivity index (χ2v) is 6.78. The molecular formula is C18H19N5O2S. The van der Waals surface area contributed by atoms with Crippen LogP contribution in [0.2, 0.25) is 0 Å². The monoisotopic (exact) mass is 369 g/mol. The number of hydrogen-bond acceptors (Lipinski definition) is 6. The molecule has 3 aromatic rings. The van der Waals surface area contributed by atoms with Crippen molar-refractivity contribution in [3.8, 4) is 5.69 Å². The molecule has 0 saturated carbocycles. The Bertz CT molecular complexity index is 1100. The van der Waals surface area contributed by atoms with Crippen LogP contribution in [0.1, 0.15) is 11.1 Å². The molecule has 26 heavy (non-hydrogen) atoms. The summed E-state index contributed by atoms with van der Waals surface area (Å²) in [5.74, 6) is 0.511. The molecule has 1 N–H and O–H groups in total. The van der Waals surface area contributed by atoms with E-state index < -0.39 is 0 Å². The highest BCUT2D eigenvalue weighted by Crippen LogP contribution is 2.19. The minimum absolute atomic E-state index is 0.270. The molecule has 0 aliphatic carbocycles. The molecule has 0 radical (unpaired) electrons. The normalized spacial score (nSPS) is 14.8. The van der Waals surface area contributed by atoms with E-state index in [4.69, 9.17) is 17.0 Å². The standard InChI is InChI=1S/C18H19N5O2S/c1-11-3-4-13(12(2)9-11)23-10-19-15-14(17(23)26)16(24)21-18(20-15)22-5-7-25-8-6-22/h3-4,9-10H,5-8H2,1-2H3,(H,20,21,24). The maximum atomic E-state index is 12.7. The molecule has 0 unspecified atom stereocenters. The summed E-state index contributed by atoms with van der Waals surface area (Å²) in [5.41, 5.74) is 3.23. The average molecular weight is 369 g/mol. The Labute approximate surface area is 155 Å². The van der Waals surface area contributed by atoms with Crippen molar-refractivity contribution < 1.29 is 4.74 Å². The number of fused-ring (bicyclic) bond motifs is 1. The van der Waals surface area contributed by atoms with Crippen LogP contribution in [0.4, 0.5) is 5.95 Å². The van der Waals surface area contributed by atoms with Gasteiger partial charge in [-0.25, -0.2) is 4.98 Å². The minimum atomic E-state index is -0.270. The van der Waals surface area contributed by atoms with E-state index in [1.54, 1.807) is 10.9 Å². The first kappa shape index (κ1) is 16.9. The molecular weight excluding hydrogens is 350 g/mol. The molecule has 0 amide bonds. The number of rotatable bonds is 2. The first-order valence-corrected chi connectivity index (χ1v) is 8.87. The Morgan fingerprint density at radius 2 is 2.00 bits per heavy atom. The van der Waals surface area contributed by atoms with Crippen molar-refractivity contribution in [2.45, 2.75) is 13.8 Å². The van der Waals surface area contributed by atoms with Gasteiger partial charge in [-0.05, 0) is 25.5 Å². The zero-order valence-corrected chi connectivity index (χ0v) is 15.5. The number of benzene rings is 1. The summed E-state index contributed by atoms with van der Waals surface area (Å²) in [6, 6.07) is 6.07. The lowest BCUT2D eigenvalue weighted by molar-refractivity contribution is 0.122. The number of morpholine rings is 1. The van der Waals surface area contributed by atoms with Crippen LogP contribution in [0.5, 0.6) is 0 Å². The highest BCUT2D eigenvalue weighted by atomic mass is 32.1. The first-order chi connectivity index (χ1) is 12.5. The van der Waals surface area contributed by atoms with Gasteiger partial charge in [0.2, 0.25) is 5.95 Å². The summed E-state index contributed by atoms with van der Waals surface area (Å²) in [5, 5.41) is 0.333. The molecule has 1 saturated heterocycles. The molecule has 0 spiro atoms. The van der Waals surface area contributed by atoms with Crippen molar-refractivity contribution in [2.24, 2.45) is 0 Å². The van der Waals surface area contributed by atoms with Gasteiger partial charge in [0.15, 0.2) is 5.65 Å². The van der Waals surface area contributed by atoms with Crippen LogP contribution in [-0.4, -0.2) is 45.8 Å². The number of aryl methyl sites for hydroxylation is 2. The molecule has 1 aliphatic rings. The van der Waals surface area contributed by atoms with Gasteiger partial charge in [0.1, 0.15) is 16.4 Å². The van der Waals surface area contributed by atoms with Crippen molar-refractivity contribution in [1.82, 2.24) is 19.5 Å². The number of nitrogens with zero attached hydrogens (tertiary/aromatic N) is 4. The van der Waals surface area contributed by atoms with E-state index in [-0.39, 0.29) is 5.56 Å². The summed E-state index contributed by atoms with van der Waals surface area (Å²) < 4.78 is 7.51. The third-order valence-corrected chi connectivity index (χ3v) is 4.94. The van der Waals surface area contributed by atoms with Crippen LogP contribution in [0.15, 0.2) is 29.3 Å². The third-order valence-electron chi connectivity index (χ3n) is 4.54. The molecule has 1 aliphatic heterocycles. The van der Waals surface area contributed by atoms with Crippen LogP contribution < -0.4 is 10.5 Å². The van der Waals surface area contributed by atoms with Gasteiger partial charge in [-0.3, -0.25) is 14.3 Å². The minimum Gasteiger partial charge on any atom is -0.378 e. The number of anilines is 1. The Morgan fingerprint density at radius 3 is 2.73 bits per heavy atom. The first-order valence-electron chi connectivity index (χ1n) is 8.46. The maximum absolute atomic E-state index is 12.7. The van der Waals surface area contributed by atoms with Crippen molar-refractivity contribution in [3.05, 3.63) is 50.6 Å². The zero-order chi connectivity index (χ0) is 18.3. The Hall–Kier alpha value is -2.58. The lowest BCUT2D eigenvalue weighted by Gasteiger charge is -2.27. The molecule has 2 aromatic heterocycles. The predicted molar refractivity (Wildman–Crippen MR) is 103 cm³/mol. The van der Waals surface area contributed by atoms with Gasteiger partial charge in [-0.2, -0.15) is 4.98 Å². The van der Waals surface area contributed by atoms with Crippen molar-refractivity contribution >= 4 is 29.2 Å². The van der Waals surface area contributed by atoms with E-state index in [1.165, 1.54) is 5.56 Å². The largest absolute Gasteiger partial charge is 0.378 e. The topological polar surface area (TPSA) is 76.0 Å². The van der Waals surface area contributed by atoms with E-state index >= 15 is 0 Å². The number of ether oxygens (including phenoxy) is 1. The highest BCUT2D eigenvalue weighted by Gasteiger charge is 2.17. The lowest BCUT2D eigenvalue weighted by Crippen LogP contribution is -2.38. The summed E-state index contributed by atoms with van der Waals surface area (Å²) in [6.07, 6.45) is 1.64. The molecule has 0 atom stereocenters. The van der Waals surface area contributed by atoms with Crippen molar-refractivity contribution in [3.63, 3.8) is 0 Å². The molecule has 1 fully saturated rings. The molecule has 134 valence electrons. The van der Waals surface area contributed by atoms with Gasteiger partial charge in [0.05, 0.1) is 18.9 Å². The molecule has 7 nitrogen and oxygen atoms in total. The summed E-state index contributed by atoms with van der Waals surface area (Å²) >= 11 is 5.58. The molecule has 3 heterocycles. The lowest BCUT2D eigenvalue weighted by atomic mass is 10.1. The predicted octanol–water partition coefficient (Wildman–Crippen LogP) is 2.29.